The fourth-order valence-electron chi connectivity index (χ4n) is 1.94. The van der Waals surface area contributed by atoms with Gasteiger partial charge in [-0.1, -0.05) is 19.1 Å². The third-order valence-electron chi connectivity index (χ3n) is 2.89. The van der Waals surface area contributed by atoms with Crippen molar-refractivity contribution in [1.29, 1.82) is 0 Å². The number of hydrogen-bond donors (Lipinski definition) is 1. The van der Waals surface area contributed by atoms with Gasteiger partial charge in [-0.15, -0.1) is 0 Å². The smallest absolute Gasteiger partial charge is 0.248 e. The highest BCUT2D eigenvalue weighted by Crippen LogP contribution is 2.22. The molecule has 2 unspecified atom stereocenters. The minimum Gasteiger partial charge on any atom is -0.373 e. The Labute approximate surface area is 95.6 Å². The van der Waals surface area contributed by atoms with Crippen molar-refractivity contribution in [3.8, 4) is 0 Å². The number of hydrogen-bond acceptors (Lipinski definition) is 2. The molecule has 1 amide bonds. The Hall–Kier alpha value is -1.35. The summed E-state index contributed by atoms with van der Waals surface area (Å²) in [6.45, 7) is 3.15. The summed E-state index contributed by atoms with van der Waals surface area (Å²) < 4.78 is 5.21. The van der Waals surface area contributed by atoms with Gasteiger partial charge in [0.2, 0.25) is 5.91 Å². The summed E-state index contributed by atoms with van der Waals surface area (Å²) in [7, 11) is 0. The summed E-state index contributed by atoms with van der Waals surface area (Å²) in [5.74, 6) is 0.248. The molecule has 3 heteroatoms. The van der Waals surface area contributed by atoms with Crippen molar-refractivity contribution < 1.29 is 9.53 Å². The van der Waals surface area contributed by atoms with Gasteiger partial charge >= 0.3 is 0 Å². The molecule has 1 aromatic rings. The third kappa shape index (κ3) is 3.07. The van der Waals surface area contributed by atoms with Gasteiger partial charge in [0.05, 0.1) is 12.7 Å². The Morgan fingerprint density at radius 2 is 2.12 bits per heavy atom. The van der Waals surface area contributed by atoms with Gasteiger partial charge in [-0.25, -0.2) is 0 Å². The first kappa shape index (κ1) is 11.1. The minimum atomic E-state index is -0.369. The van der Waals surface area contributed by atoms with Crippen LogP contribution in [0, 0.1) is 5.92 Å². The molecule has 1 aromatic carbocycles. The number of carbonyl (C=O) groups is 1. The first-order chi connectivity index (χ1) is 7.65. The van der Waals surface area contributed by atoms with E-state index in [1.165, 1.54) is 5.56 Å². The van der Waals surface area contributed by atoms with Gasteiger partial charge < -0.3 is 10.5 Å². The molecule has 0 radical (unpaired) electrons. The monoisotopic (exact) mass is 219 g/mol. The molecular formula is C13H17NO2. The molecule has 1 fully saturated rings. The van der Waals surface area contributed by atoms with Gasteiger partial charge in [-0.05, 0) is 36.5 Å². The normalized spacial score (nSPS) is 20.4. The number of ether oxygens (including phenoxy) is 1. The van der Waals surface area contributed by atoms with Gasteiger partial charge in [0.25, 0.3) is 0 Å². The van der Waals surface area contributed by atoms with Crippen molar-refractivity contribution in [2.75, 3.05) is 6.61 Å². The second-order valence-electron chi connectivity index (χ2n) is 4.56. The van der Waals surface area contributed by atoms with Crippen molar-refractivity contribution in [2.45, 2.75) is 25.9 Å². The predicted octanol–water partition coefficient (Wildman–Crippen LogP) is 1.75. The van der Waals surface area contributed by atoms with Crippen molar-refractivity contribution in [1.82, 2.24) is 0 Å². The summed E-state index contributed by atoms with van der Waals surface area (Å²) >= 11 is 0. The van der Waals surface area contributed by atoms with Crippen LogP contribution < -0.4 is 5.73 Å². The van der Waals surface area contributed by atoms with E-state index in [0.29, 0.717) is 17.6 Å². The molecule has 2 atom stereocenters. The molecule has 2 N–H and O–H groups in total. The van der Waals surface area contributed by atoms with E-state index in [4.69, 9.17) is 10.5 Å². The average Bonchev–Trinajstić information content (AvgIpc) is 3.02. The molecule has 0 saturated carbocycles. The second-order valence-corrected chi connectivity index (χ2v) is 4.56. The lowest BCUT2D eigenvalue weighted by Crippen LogP contribution is -2.11. The predicted molar refractivity (Wildman–Crippen MR) is 62.2 cm³/mol. The van der Waals surface area contributed by atoms with Crippen LogP contribution in [-0.4, -0.2) is 18.6 Å². The molecule has 2 rings (SSSR count). The summed E-state index contributed by atoms with van der Waals surface area (Å²) in [4.78, 5) is 10.9. The SMILES string of the molecule is CC(Cc1ccc(C(N)=O)cc1)CC1CO1. The van der Waals surface area contributed by atoms with Crippen LogP contribution in [-0.2, 0) is 11.2 Å². The molecule has 0 aliphatic carbocycles. The molecule has 1 aliphatic heterocycles. The van der Waals surface area contributed by atoms with E-state index in [1.54, 1.807) is 12.1 Å². The molecule has 1 aliphatic rings. The fraction of sp³-hybridized carbons (Fsp3) is 0.462. The highest BCUT2D eigenvalue weighted by atomic mass is 16.6. The maximum atomic E-state index is 10.9. The Balaban J connectivity index is 1.90. The largest absolute Gasteiger partial charge is 0.373 e. The molecular weight excluding hydrogens is 202 g/mol. The molecule has 86 valence electrons. The topological polar surface area (TPSA) is 55.6 Å². The minimum absolute atomic E-state index is 0.369. The van der Waals surface area contributed by atoms with Crippen LogP contribution in [0.1, 0.15) is 29.3 Å². The van der Waals surface area contributed by atoms with E-state index < -0.39 is 0 Å². The summed E-state index contributed by atoms with van der Waals surface area (Å²) in [5.41, 5.74) is 7.00. The number of nitrogens with two attached hydrogens (primary N) is 1. The molecule has 1 saturated heterocycles. The van der Waals surface area contributed by atoms with Crippen LogP contribution in [0.4, 0.5) is 0 Å². The first-order valence-corrected chi connectivity index (χ1v) is 5.65. The van der Waals surface area contributed by atoms with E-state index in [-0.39, 0.29) is 5.91 Å². The molecule has 1 heterocycles. The van der Waals surface area contributed by atoms with E-state index >= 15 is 0 Å². The van der Waals surface area contributed by atoms with Gasteiger partial charge in [0.15, 0.2) is 0 Å². The van der Waals surface area contributed by atoms with Crippen molar-refractivity contribution in [3.05, 3.63) is 35.4 Å². The average molecular weight is 219 g/mol. The lowest BCUT2D eigenvalue weighted by Gasteiger charge is -2.09. The maximum absolute atomic E-state index is 10.9. The van der Waals surface area contributed by atoms with Crippen LogP contribution in [0.3, 0.4) is 0 Å². The highest BCUT2D eigenvalue weighted by molar-refractivity contribution is 5.92. The van der Waals surface area contributed by atoms with E-state index in [9.17, 15) is 4.79 Å². The lowest BCUT2D eigenvalue weighted by atomic mass is 9.96. The number of primary amides is 1. The Morgan fingerprint density at radius 3 is 2.62 bits per heavy atom. The van der Waals surface area contributed by atoms with Crippen LogP contribution in [0.5, 0.6) is 0 Å². The molecule has 16 heavy (non-hydrogen) atoms. The van der Waals surface area contributed by atoms with Crippen LogP contribution in [0.25, 0.3) is 0 Å². The third-order valence-corrected chi connectivity index (χ3v) is 2.89. The van der Waals surface area contributed by atoms with E-state index in [1.807, 2.05) is 12.1 Å². The first-order valence-electron chi connectivity index (χ1n) is 5.65. The number of carbonyl (C=O) groups excluding carboxylic acids is 1. The number of benzene rings is 1. The summed E-state index contributed by atoms with van der Waals surface area (Å²) in [6, 6.07) is 7.53. The quantitative estimate of drug-likeness (QED) is 0.767. The standard InChI is InChI=1S/C13H17NO2/c1-9(7-12-8-16-12)6-10-2-4-11(5-3-10)13(14)15/h2-5,9,12H,6-8H2,1H3,(H2,14,15). The highest BCUT2D eigenvalue weighted by Gasteiger charge is 2.24. The van der Waals surface area contributed by atoms with E-state index in [0.717, 1.165) is 19.4 Å². The van der Waals surface area contributed by atoms with Crippen LogP contribution >= 0.6 is 0 Å². The molecule has 3 nitrogen and oxygen atoms in total. The Morgan fingerprint density at radius 1 is 1.50 bits per heavy atom. The van der Waals surface area contributed by atoms with Crippen molar-refractivity contribution in [2.24, 2.45) is 11.7 Å². The zero-order valence-corrected chi connectivity index (χ0v) is 9.48. The zero-order valence-electron chi connectivity index (χ0n) is 9.48. The number of rotatable bonds is 5. The number of epoxide rings is 1. The van der Waals surface area contributed by atoms with E-state index in [2.05, 4.69) is 6.92 Å². The van der Waals surface area contributed by atoms with Gasteiger partial charge in [-0.2, -0.15) is 0 Å². The zero-order chi connectivity index (χ0) is 11.5. The number of amides is 1. The van der Waals surface area contributed by atoms with Crippen molar-refractivity contribution >= 4 is 5.91 Å². The maximum Gasteiger partial charge on any atom is 0.248 e. The molecule has 0 aromatic heterocycles. The Kier molecular flexibility index (Phi) is 3.25. The molecule has 0 spiro atoms. The summed E-state index contributed by atoms with van der Waals surface area (Å²) in [5, 5.41) is 0. The fourth-order valence-corrected chi connectivity index (χ4v) is 1.94. The van der Waals surface area contributed by atoms with Crippen LogP contribution in [0.2, 0.25) is 0 Å². The summed E-state index contributed by atoms with van der Waals surface area (Å²) in [6.07, 6.45) is 2.64. The lowest BCUT2D eigenvalue weighted by molar-refractivity contribution is 0.100. The van der Waals surface area contributed by atoms with Gasteiger partial charge in [0.1, 0.15) is 0 Å². The second kappa shape index (κ2) is 4.66. The van der Waals surface area contributed by atoms with Crippen LogP contribution in [0.15, 0.2) is 24.3 Å². The van der Waals surface area contributed by atoms with Crippen molar-refractivity contribution in [3.63, 3.8) is 0 Å². The molecule has 0 bridgehead atoms. The Bertz CT molecular complexity index is 368. The van der Waals surface area contributed by atoms with Gasteiger partial charge in [0, 0.05) is 5.56 Å². The van der Waals surface area contributed by atoms with Gasteiger partial charge in [-0.3, -0.25) is 4.79 Å².